The Morgan fingerprint density at radius 1 is 0.765 bits per heavy atom. The first-order valence-electron chi connectivity index (χ1n) is 5.60. The van der Waals surface area contributed by atoms with E-state index in [1.54, 1.807) is 0 Å². The Hall–Kier alpha value is -1.90. The molecular weight excluding hydrogens is 210 g/mol. The molecule has 2 heteroatoms. The first-order valence-corrected chi connectivity index (χ1v) is 5.60. The van der Waals surface area contributed by atoms with Crippen molar-refractivity contribution in [3.05, 3.63) is 60.2 Å². The summed E-state index contributed by atoms with van der Waals surface area (Å²) in [5, 5.41) is 4.98. The van der Waals surface area contributed by atoms with Crippen LogP contribution in [-0.2, 0) is 11.4 Å². The maximum Gasteiger partial charge on any atom is 0.0930 e. The number of hydrogen-bond donors (Lipinski definition) is 1. The molecule has 0 saturated heterocycles. The highest BCUT2D eigenvalue weighted by atomic mass is 16.6. The van der Waals surface area contributed by atoms with Crippen molar-refractivity contribution < 1.29 is 4.84 Å². The van der Waals surface area contributed by atoms with Crippen molar-refractivity contribution in [2.75, 3.05) is 0 Å². The van der Waals surface area contributed by atoms with Crippen molar-refractivity contribution in [2.45, 2.75) is 6.61 Å². The van der Waals surface area contributed by atoms with Gasteiger partial charge >= 0.3 is 0 Å². The summed E-state index contributed by atoms with van der Waals surface area (Å²) in [6.07, 6.45) is 0. The fraction of sp³-hybridized carbons (Fsp3) is 0.0667. The fourth-order valence-electron chi connectivity index (χ4n) is 2.18. The first-order chi connectivity index (χ1) is 8.36. The molecule has 0 unspecified atom stereocenters. The maximum absolute atomic E-state index is 5.10. The average molecular weight is 223 g/mol. The highest BCUT2D eigenvalue weighted by molar-refractivity contribution is 5.98. The van der Waals surface area contributed by atoms with Gasteiger partial charge in [-0.15, -0.1) is 0 Å². The Morgan fingerprint density at radius 3 is 2.12 bits per heavy atom. The molecule has 2 nitrogen and oxygen atoms in total. The third-order valence-electron chi connectivity index (χ3n) is 3.02. The summed E-state index contributed by atoms with van der Waals surface area (Å²) in [6.45, 7) is 0.447. The summed E-state index contributed by atoms with van der Waals surface area (Å²) >= 11 is 0. The van der Waals surface area contributed by atoms with Crippen molar-refractivity contribution >= 4 is 21.5 Å². The highest BCUT2D eigenvalue weighted by Crippen LogP contribution is 2.23. The number of benzene rings is 3. The summed E-state index contributed by atoms with van der Waals surface area (Å²) in [5.74, 6) is 5.10. The van der Waals surface area contributed by atoms with E-state index in [2.05, 4.69) is 53.4 Å². The van der Waals surface area contributed by atoms with Gasteiger partial charge in [0.1, 0.15) is 0 Å². The second-order valence-electron chi connectivity index (χ2n) is 4.19. The van der Waals surface area contributed by atoms with Crippen LogP contribution < -0.4 is 5.90 Å². The van der Waals surface area contributed by atoms with Crippen molar-refractivity contribution in [1.82, 2.24) is 0 Å². The van der Waals surface area contributed by atoms with Gasteiger partial charge in [0.2, 0.25) is 0 Å². The molecule has 0 atom stereocenters. The molecule has 0 fully saturated rings. The molecule has 2 N–H and O–H groups in total. The lowest BCUT2D eigenvalue weighted by atomic mass is 10.0. The Balaban J connectivity index is 2.25. The molecule has 0 aliphatic heterocycles. The topological polar surface area (TPSA) is 35.2 Å². The molecule has 17 heavy (non-hydrogen) atoms. The van der Waals surface area contributed by atoms with E-state index in [9.17, 15) is 0 Å². The standard InChI is InChI=1S/C15H13NO/c16-17-10-11-5-6-14-8-12-3-1-2-4-13(12)9-15(14)7-11/h1-9H,10,16H2. The predicted octanol–water partition coefficient (Wildman–Crippen LogP) is 3.38. The molecule has 0 aromatic heterocycles. The molecule has 0 heterocycles. The van der Waals surface area contributed by atoms with Crippen molar-refractivity contribution in [2.24, 2.45) is 5.90 Å². The van der Waals surface area contributed by atoms with E-state index < -0.39 is 0 Å². The van der Waals surface area contributed by atoms with E-state index in [0.29, 0.717) is 6.61 Å². The molecule has 0 spiro atoms. The maximum atomic E-state index is 5.10. The van der Waals surface area contributed by atoms with Gasteiger partial charge in [0, 0.05) is 0 Å². The van der Waals surface area contributed by atoms with Crippen LogP contribution in [0.5, 0.6) is 0 Å². The predicted molar refractivity (Wildman–Crippen MR) is 70.4 cm³/mol. The number of hydrogen-bond acceptors (Lipinski definition) is 2. The SMILES string of the molecule is NOCc1ccc2cc3ccccc3cc2c1. The van der Waals surface area contributed by atoms with Crippen LogP contribution in [0.4, 0.5) is 0 Å². The van der Waals surface area contributed by atoms with E-state index >= 15 is 0 Å². The summed E-state index contributed by atoms with van der Waals surface area (Å²) in [5.41, 5.74) is 1.09. The Kier molecular flexibility index (Phi) is 2.52. The van der Waals surface area contributed by atoms with Crippen LogP contribution in [0.3, 0.4) is 0 Å². The molecule has 3 aromatic rings. The van der Waals surface area contributed by atoms with Gasteiger partial charge in [0.25, 0.3) is 0 Å². The minimum Gasteiger partial charge on any atom is -0.300 e. The Labute approximate surface area is 99.6 Å². The summed E-state index contributed by atoms with van der Waals surface area (Å²) < 4.78 is 0. The Bertz CT molecular complexity index is 676. The smallest absolute Gasteiger partial charge is 0.0930 e. The van der Waals surface area contributed by atoms with Gasteiger partial charge in [-0.1, -0.05) is 36.4 Å². The van der Waals surface area contributed by atoms with Gasteiger partial charge in [0.15, 0.2) is 0 Å². The second kappa shape index (κ2) is 4.17. The van der Waals surface area contributed by atoms with Crippen LogP contribution in [0.15, 0.2) is 54.6 Å². The molecule has 84 valence electrons. The third-order valence-corrected chi connectivity index (χ3v) is 3.02. The lowest BCUT2D eigenvalue weighted by molar-refractivity contribution is 0.124. The highest BCUT2D eigenvalue weighted by Gasteiger charge is 1.99. The van der Waals surface area contributed by atoms with Crippen LogP contribution in [0, 0.1) is 0 Å². The van der Waals surface area contributed by atoms with Gasteiger partial charge in [-0.3, -0.25) is 4.84 Å². The molecular formula is C15H13NO. The summed E-state index contributed by atoms with van der Waals surface area (Å²) in [7, 11) is 0. The third kappa shape index (κ3) is 1.88. The molecule has 0 saturated carbocycles. The first kappa shape index (κ1) is 10.3. The van der Waals surface area contributed by atoms with E-state index in [1.165, 1.54) is 21.5 Å². The molecule has 0 aliphatic rings. The molecule has 0 amide bonds. The van der Waals surface area contributed by atoms with Crippen LogP contribution >= 0.6 is 0 Å². The van der Waals surface area contributed by atoms with Crippen molar-refractivity contribution in [1.29, 1.82) is 0 Å². The minimum atomic E-state index is 0.447. The summed E-state index contributed by atoms with van der Waals surface area (Å²) in [6, 6.07) is 19.1. The zero-order valence-corrected chi connectivity index (χ0v) is 9.39. The van der Waals surface area contributed by atoms with Crippen LogP contribution in [0.25, 0.3) is 21.5 Å². The Morgan fingerprint density at radius 2 is 1.41 bits per heavy atom. The molecule has 0 bridgehead atoms. The van der Waals surface area contributed by atoms with Gasteiger partial charge in [-0.25, -0.2) is 5.90 Å². The fourth-order valence-corrected chi connectivity index (χ4v) is 2.18. The molecule has 0 radical (unpaired) electrons. The lowest BCUT2D eigenvalue weighted by Gasteiger charge is -2.04. The molecule has 3 aromatic carbocycles. The largest absolute Gasteiger partial charge is 0.300 e. The lowest BCUT2D eigenvalue weighted by Crippen LogP contribution is -1.98. The van der Waals surface area contributed by atoms with Crippen LogP contribution in [-0.4, -0.2) is 0 Å². The van der Waals surface area contributed by atoms with E-state index in [4.69, 9.17) is 5.90 Å². The average Bonchev–Trinajstić information content (AvgIpc) is 2.36. The minimum absolute atomic E-state index is 0.447. The molecule has 0 aliphatic carbocycles. The van der Waals surface area contributed by atoms with E-state index in [0.717, 1.165) is 5.56 Å². The zero-order valence-electron chi connectivity index (χ0n) is 9.39. The van der Waals surface area contributed by atoms with E-state index in [1.807, 2.05) is 6.07 Å². The summed E-state index contributed by atoms with van der Waals surface area (Å²) in [4.78, 5) is 4.66. The number of rotatable bonds is 2. The van der Waals surface area contributed by atoms with Crippen molar-refractivity contribution in [3.8, 4) is 0 Å². The van der Waals surface area contributed by atoms with Crippen LogP contribution in [0.1, 0.15) is 5.56 Å². The van der Waals surface area contributed by atoms with E-state index in [-0.39, 0.29) is 0 Å². The number of fused-ring (bicyclic) bond motifs is 2. The van der Waals surface area contributed by atoms with Gasteiger partial charge in [0.05, 0.1) is 6.61 Å². The number of nitrogens with two attached hydrogens (primary N) is 1. The monoisotopic (exact) mass is 223 g/mol. The van der Waals surface area contributed by atoms with Gasteiger partial charge < -0.3 is 0 Å². The van der Waals surface area contributed by atoms with Gasteiger partial charge in [-0.05, 0) is 45.3 Å². The van der Waals surface area contributed by atoms with Crippen LogP contribution in [0.2, 0.25) is 0 Å². The van der Waals surface area contributed by atoms with Crippen molar-refractivity contribution in [3.63, 3.8) is 0 Å². The normalized spacial score (nSPS) is 11.1. The second-order valence-corrected chi connectivity index (χ2v) is 4.19. The quantitative estimate of drug-likeness (QED) is 0.534. The zero-order chi connectivity index (χ0) is 11.7. The van der Waals surface area contributed by atoms with Gasteiger partial charge in [-0.2, -0.15) is 0 Å². The molecule has 3 rings (SSSR count).